The second kappa shape index (κ2) is 7.27. The average molecular weight is 313 g/mol. The molecule has 0 aromatic carbocycles. The van der Waals surface area contributed by atoms with Crippen LogP contribution in [0.4, 0.5) is 19.0 Å². The predicted molar refractivity (Wildman–Crippen MR) is 66.3 cm³/mol. The summed E-state index contributed by atoms with van der Waals surface area (Å²) in [6.07, 6.45) is -3.15. The molecule has 0 spiro atoms. The number of alkyl halides is 3. The fraction of sp³-hybridized carbons (Fsp3) is 0.400. The molecule has 1 heterocycles. The van der Waals surface area contributed by atoms with Gasteiger partial charge in [-0.3, -0.25) is 4.79 Å². The Kier molecular flexibility index (Phi) is 5.99. The van der Waals surface area contributed by atoms with E-state index >= 15 is 0 Å². The van der Waals surface area contributed by atoms with Gasteiger partial charge in [0.05, 0.1) is 17.2 Å². The highest BCUT2D eigenvalue weighted by Gasteiger charge is 2.27. The van der Waals surface area contributed by atoms with Crippen molar-refractivity contribution in [1.29, 1.82) is 0 Å². The van der Waals surface area contributed by atoms with Crippen molar-refractivity contribution in [2.45, 2.75) is 6.18 Å². The molecule has 1 aromatic rings. The zero-order chi connectivity index (χ0) is 15.2. The number of nitrogen functional groups attached to an aromatic ring is 1. The first-order valence-electron chi connectivity index (χ1n) is 5.38. The Bertz CT molecular complexity index is 470. The van der Waals surface area contributed by atoms with Crippen LogP contribution in [0.5, 0.6) is 0 Å². The molecule has 0 saturated heterocycles. The summed E-state index contributed by atoms with van der Waals surface area (Å²) in [6, 6.07) is 1.33. The van der Waals surface area contributed by atoms with Crippen molar-refractivity contribution >= 4 is 23.3 Å². The lowest BCUT2D eigenvalue weighted by Crippen LogP contribution is -2.29. The van der Waals surface area contributed by atoms with Crippen LogP contribution in [0.3, 0.4) is 0 Å². The van der Waals surface area contributed by atoms with Gasteiger partial charge in [0.2, 0.25) is 0 Å². The minimum Gasteiger partial charge on any atom is -0.370 e. The number of hydrogen-bond acceptors (Lipinski definition) is 5. The summed E-state index contributed by atoms with van der Waals surface area (Å²) >= 11 is 5.77. The van der Waals surface area contributed by atoms with Crippen LogP contribution < -0.4 is 16.6 Å². The minimum atomic E-state index is -4.38. The third-order valence-electron chi connectivity index (χ3n) is 2.04. The molecule has 1 rings (SSSR count). The van der Waals surface area contributed by atoms with E-state index in [4.69, 9.17) is 17.4 Å². The minimum absolute atomic E-state index is 0.0660. The summed E-state index contributed by atoms with van der Waals surface area (Å²) in [6.45, 7) is -1.68. The molecule has 1 amide bonds. The zero-order valence-electron chi connectivity index (χ0n) is 10.1. The number of hydrogen-bond donors (Lipinski definition) is 3. The van der Waals surface area contributed by atoms with Crippen LogP contribution in [0.1, 0.15) is 10.4 Å². The van der Waals surface area contributed by atoms with Crippen molar-refractivity contribution in [1.82, 2.24) is 10.3 Å². The quantitative estimate of drug-likeness (QED) is 0.419. The number of carbonyl (C=O) groups is 1. The first-order chi connectivity index (χ1) is 9.33. The van der Waals surface area contributed by atoms with Crippen molar-refractivity contribution in [3.63, 3.8) is 0 Å². The number of hydrazine groups is 1. The van der Waals surface area contributed by atoms with Gasteiger partial charge in [0.1, 0.15) is 6.61 Å². The Labute approximate surface area is 117 Å². The maximum atomic E-state index is 11.8. The molecule has 0 aliphatic heterocycles. The van der Waals surface area contributed by atoms with Crippen molar-refractivity contribution in [3.05, 3.63) is 22.8 Å². The van der Waals surface area contributed by atoms with Gasteiger partial charge in [-0.15, -0.1) is 0 Å². The topological polar surface area (TPSA) is 89.3 Å². The van der Waals surface area contributed by atoms with Crippen molar-refractivity contribution in [2.24, 2.45) is 5.84 Å². The lowest BCUT2D eigenvalue weighted by atomic mass is 10.2. The Morgan fingerprint density at radius 1 is 1.50 bits per heavy atom. The van der Waals surface area contributed by atoms with E-state index < -0.39 is 18.7 Å². The van der Waals surface area contributed by atoms with Gasteiger partial charge in [-0.1, -0.05) is 11.6 Å². The standard InChI is InChI=1S/C10H12ClF3N4O2/c11-7-3-6(4-17-8(7)18-15)9(19)16-1-2-20-5-10(12,13)14/h3-4H,1-2,5,15H2,(H,16,19)(H,17,18). The molecule has 6 nitrogen and oxygen atoms in total. The number of amides is 1. The molecule has 4 N–H and O–H groups in total. The van der Waals surface area contributed by atoms with Crippen molar-refractivity contribution < 1.29 is 22.7 Å². The first kappa shape index (κ1) is 16.5. The highest BCUT2D eigenvalue weighted by molar-refractivity contribution is 6.33. The summed E-state index contributed by atoms with van der Waals surface area (Å²) in [7, 11) is 0. The van der Waals surface area contributed by atoms with Crippen LogP contribution in [0.25, 0.3) is 0 Å². The fourth-order valence-electron chi connectivity index (χ4n) is 1.19. The number of pyridine rings is 1. The number of ether oxygens (including phenoxy) is 1. The second-order valence-electron chi connectivity index (χ2n) is 3.62. The molecule has 0 aliphatic carbocycles. The largest absolute Gasteiger partial charge is 0.411 e. The SMILES string of the molecule is NNc1ncc(C(=O)NCCOCC(F)(F)F)cc1Cl. The molecule has 1 aromatic heterocycles. The first-order valence-corrected chi connectivity index (χ1v) is 5.76. The molecule has 20 heavy (non-hydrogen) atoms. The van der Waals surface area contributed by atoms with Crippen LogP contribution in [0.2, 0.25) is 5.02 Å². The van der Waals surface area contributed by atoms with Gasteiger partial charge in [0.25, 0.3) is 5.91 Å². The number of rotatable bonds is 6. The lowest BCUT2D eigenvalue weighted by Gasteiger charge is -2.09. The molecule has 0 radical (unpaired) electrons. The number of nitrogens with one attached hydrogen (secondary N) is 2. The second-order valence-corrected chi connectivity index (χ2v) is 4.03. The monoisotopic (exact) mass is 312 g/mol. The van der Waals surface area contributed by atoms with Gasteiger partial charge in [-0.2, -0.15) is 13.2 Å². The van der Waals surface area contributed by atoms with Crippen LogP contribution >= 0.6 is 11.6 Å². The van der Waals surface area contributed by atoms with E-state index in [9.17, 15) is 18.0 Å². The zero-order valence-corrected chi connectivity index (χ0v) is 10.9. The van der Waals surface area contributed by atoms with E-state index in [0.29, 0.717) is 0 Å². The Hall–Kier alpha value is -1.58. The van der Waals surface area contributed by atoms with Crippen molar-refractivity contribution in [3.8, 4) is 0 Å². The molecule has 0 fully saturated rings. The van der Waals surface area contributed by atoms with Crippen LogP contribution in [-0.2, 0) is 4.74 Å². The van der Waals surface area contributed by atoms with Crippen LogP contribution in [-0.4, -0.2) is 36.8 Å². The number of nitrogens with zero attached hydrogens (tertiary/aromatic N) is 1. The van der Waals surface area contributed by atoms with Crippen molar-refractivity contribution in [2.75, 3.05) is 25.2 Å². The van der Waals surface area contributed by atoms with E-state index in [-0.39, 0.29) is 29.6 Å². The molecule has 0 aliphatic rings. The molecule has 112 valence electrons. The molecule has 10 heteroatoms. The van der Waals surface area contributed by atoms with E-state index in [0.717, 1.165) is 0 Å². The third-order valence-corrected chi connectivity index (χ3v) is 2.33. The summed E-state index contributed by atoms with van der Waals surface area (Å²) in [5, 5.41) is 2.52. The Morgan fingerprint density at radius 2 is 2.20 bits per heavy atom. The van der Waals surface area contributed by atoms with E-state index in [1.165, 1.54) is 12.3 Å². The van der Waals surface area contributed by atoms with Gasteiger partial charge in [-0.25, -0.2) is 10.8 Å². The molecule has 0 saturated carbocycles. The number of carbonyl (C=O) groups excluding carboxylic acids is 1. The number of nitrogens with two attached hydrogens (primary N) is 1. The molecular formula is C10H12ClF3N4O2. The summed E-state index contributed by atoms with van der Waals surface area (Å²) in [5.41, 5.74) is 2.39. The molecule has 0 atom stereocenters. The Morgan fingerprint density at radius 3 is 2.75 bits per heavy atom. The van der Waals surface area contributed by atoms with E-state index in [1.807, 2.05) is 0 Å². The van der Waals surface area contributed by atoms with E-state index in [1.54, 1.807) is 0 Å². The molecule has 0 unspecified atom stereocenters. The summed E-state index contributed by atoms with van der Waals surface area (Å²) in [4.78, 5) is 15.4. The normalized spacial score (nSPS) is 11.2. The van der Waals surface area contributed by atoms with Gasteiger partial charge < -0.3 is 15.5 Å². The molecular weight excluding hydrogens is 301 g/mol. The van der Waals surface area contributed by atoms with Gasteiger partial charge in [0.15, 0.2) is 5.82 Å². The highest BCUT2D eigenvalue weighted by Crippen LogP contribution is 2.18. The van der Waals surface area contributed by atoms with Crippen LogP contribution in [0.15, 0.2) is 12.3 Å². The third kappa shape index (κ3) is 5.59. The van der Waals surface area contributed by atoms with Gasteiger partial charge in [0, 0.05) is 12.7 Å². The average Bonchev–Trinajstić information content (AvgIpc) is 2.36. The number of aromatic nitrogens is 1. The van der Waals surface area contributed by atoms with Crippen LogP contribution in [0, 0.1) is 0 Å². The number of anilines is 1. The maximum Gasteiger partial charge on any atom is 0.411 e. The summed E-state index contributed by atoms with van der Waals surface area (Å²) in [5.74, 6) is 4.80. The number of halogens is 4. The summed E-state index contributed by atoms with van der Waals surface area (Å²) < 4.78 is 39.6. The lowest BCUT2D eigenvalue weighted by molar-refractivity contribution is -0.173. The predicted octanol–water partition coefficient (Wildman–Crippen LogP) is 1.33. The van der Waals surface area contributed by atoms with E-state index in [2.05, 4.69) is 20.5 Å². The Balaban J connectivity index is 2.38. The van der Waals surface area contributed by atoms with Gasteiger partial charge in [-0.05, 0) is 6.07 Å². The fourth-order valence-corrected chi connectivity index (χ4v) is 1.42. The van der Waals surface area contributed by atoms with Gasteiger partial charge >= 0.3 is 6.18 Å². The molecule has 0 bridgehead atoms. The highest BCUT2D eigenvalue weighted by atomic mass is 35.5. The smallest absolute Gasteiger partial charge is 0.370 e. The maximum absolute atomic E-state index is 11.8.